The van der Waals surface area contributed by atoms with Gasteiger partial charge in [-0.2, -0.15) is 0 Å². The normalized spacial score (nSPS) is 11.3. The number of aldehydes is 1. The maximum atomic E-state index is 12.7. The van der Waals surface area contributed by atoms with Crippen LogP contribution in [0.4, 0.5) is 4.39 Å². The third-order valence-electron chi connectivity index (χ3n) is 1.53. The van der Waals surface area contributed by atoms with Gasteiger partial charge in [0, 0.05) is 0 Å². The summed E-state index contributed by atoms with van der Waals surface area (Å²) >= 11 is 5.57. The second-order valence-electron chi connectivity index (χ2n) is 2.55. The summed E-state index contributed by atoms with van der Waals surface area (Å²) in [6, 6.07) is 4.42. The van der Waals surface area contributed by atoms with Gasteiger partial charge >= 0.3 is 0 Å². The number of carbonyl (C=O) groups is 1. The molecule has 1 aromatic carbocycles. The van der Waals surface area contributed by atoms with Crippen LogP contribution in [0.1, 0.15) is 5.56 Å². The molecule has 0 amide bonds. The summed E-state index contributed by atoms with van der Waals surface area (Å²) < 4.78 is 12.7. The second kappa shape index (κ2) is 5.35. The first-order chi connectivity index (χ1) is 6.74. The largest absolute Gasteiger partial charge is 0.299 e. The highest BCUT2D eigenvalue weighted by Crippen LogP contribution is 2.16. The van der Waals surface area contributed by atoms with Crippen molar-refractivity contribution in [2.45, 2.75) is 0 Å². The summed E-state index contributed by atoms with van der Waals surface area (Å²) in [6.07, 6.45) is 7.04. The lowest BCUT2D eigenvalue weighted by atomic mass is 10.2. The van der Waals surface area contributed by atoms with E-state index in [0.717, 1.165) is 5.56 Å². The highest BCUT2D eigenvalue weighted by Gasteiger charge is 1.97. The van der Waals surface area contributed by atoms with Crippen molar-refractivity contribution in [3.8, 4) is 0 Å². The molecule has 0 aliphatic heterocycles. The van der Waals surface area contributed by atoms with Gasteiger partial charge < -0.3 is 0 Å². The number of allylic oxidation sites excluding steroid dienone is 3. The lowest BCUT2D eigenvalue weighted by molar-refractivity contribution is -0.104. The minimum absolute atomic E-state index is 0.0894. The van der Waals surface area contributed by atoms with Gasteiger partial charge in [-0.05, 0) is 23.8 Å². The van der Waals surface area contributed by atoms with E-state index in [4.69, 9.17) is 11.6 Å². The highest BCUT2D eigenvalue weighted by molar-refractivity contribution is 6.30. The molecule has 0 aliphatic rings. The molecular formula is C11H8ClFO. The van der Waals surface area contributed by atoms with Crippen LogP contribution in [0.15, 0.2) is 36.4 Å². The first-order valence-electron chi connectivity index (χ1n) is 3.97. The van der Waals surface area contributed by atoms with Crippen LogP contribution in [0.25, 0.3) is 6.08 Å². The first-order valence-corrected chi connectivity index (χ1v) is 4.35. The minimum Gasteiger partial charge on any atom is -0.299 e. The van der Waals surface area contributed by atoms with Crippen LogP contribution < -0.4 is 0 Å². The molecule has 0 N–H and O–H groups in total. The fourth-order valence-corrected chi connectivity index (χ4v) is 1.08. The molecule has 72 valence electrons. The Hall–Kier alpha value is -1.41. The Morgan fingerprint density at radius 1 is 1.21 bits per heavy atom. The Labute approximate surface area is 86.5 Å². The fourth-order valence-electron chi connectivity index (χ4n) is 0.892. The molecule has 0 spiro atoms. The van der Waals surface area contributed by atoms with Crippen molar-refractivity contribution in [3.05, 3.63) is 52.8 Å². The van der Waals surface area contributed by atoms with Crippen molar-refractivity contribution in [2.24, 2.45) is 0 Å². The van der Waals surface area contributed by atoms with Crippen LogP contribution in [-0.2, 0) is 4.79 Å². The molecule has 0 fully saturated rings. The van der Waals surface area contributed by atoms with Gasteiger partial charge in [-0.1, -0.05) is 35.9 Å². The maximum Gasteiger partial charge on any atom is 0.142 e. The Balaban J connectivity index is 2.77. The lowest BCUT2D eigenvalue weighted by Gasteiger charge is -1.95. The molecule has 1 rings (SSSR count). The molecule has 3 heteroatoms. The topological polar surface area (TPSA) is 17.1 Å². The van der Waals surface area contributed by atoms with E-state index in [-0.39, 0.29) is 5.02 Å². The summed E-state index contributed by atoms with van der Waals surface area (Å²) in [4.78, 5) is 9.92. The molecular weight excluding hydrogens is 203 g/mol. The van der Waals surface area contributed by atoms with E-state index >= 15 is 0 Å². The van der Waals surface area contributed by atoms with Gasteiger partial charge in [-0.25, -0.2) is 4.39 Å². The molecule has 0 unspecified atom stereocenters. The van der Waals surface area contributed by atoms with Gasteiger partial charge in [0.05, 0.1) is 5.02 Å². The molecule has 14 heavy (non-hydrogen) atoms. The molecule has 0 bridgehead atoms. The number of hydrogen-bond donors (Lipinski definition) is 0. The Morgan fingerprint density at radius 3 is 2.64 bits per heavy atom. The highest BCUT2D eigenvalue weighted by atomic mass is 35.5. The molecule has 1 nitrogen and oxygen atoms in total. The Morgan fingerprint density at radius 2 is 2.00 bits per heavy atom. The zero-order valence-corrected chi connectivity index (χ0v) is 8.04. The molecule has 1 aromatic rings. The van der Waals surface area contributed by atoms with E-state index in [0.29, 0.717) is 6.29 Å². The minimum atomic E-state index is -0.438. The van der Waals surface area contributed by atoms with Gasteiger partial charge in [-0.15, -0.1) is 0 Å². The van der Waals surface area contributed by atoms with Crippen molar-refractivity contribution in [1.29, 1.82) is 0 Å². The van der Waals surface area contributed by atoms with Crippen molar-refractivity contribution < 1.29 is 9.18 Å². The lowest BCUT2D eigenvalue weighted by Crippen LogP contribution is -1.77. The predicted octanol–water partition coefficient (Wildman–Crippen LogP) is 3.25. The van der Waals surface area contributed by atoms with Gasteiger partial charge in [0.25, 0.3) is 0 Å². The zero-order valence-electron chi connectivity index (χ0n) is 7.28. The summed E-state index contributed by atoms with van der Waals surface area (Å²) in [5.41, 5.74) is 0.784. The number of hydrogen-bond acceptors (Lipinski definition) is 1. The van der Waals surface area contributed by atoms with Crippen LogP contribution in [0, 0.1) is 5.82 Å². The van der Waals surface area contributed by atoms with Crippen LogP contribution in [0.3, 0.4) is 0 Å². The third-order valence-corrected chi connectivity index (χ3v) is 1.82. The average molecular weight is 211 g/mol. The first kappa shape index (κ1) is 10.7. The molecule has 0 saturated heterocycles. The van der Waals surface area contributed by atoms with Crippen LogP contribution in [0.5, 0.6) is 0 Å². The van der Waals surface area contributed by atoms with Crippen molar-refractivity contribution in [3.63, 3.8) is 0 Å². The van der Waals surface area contributed by atoms with Crippen molar-refractivity contribution in [2.75, 3.05) is 0 Å². The third kappa shape index (κ3) is 3.15. The van der Waals surface area contributed by atoms with E-state index < -0.39 is 5.82 Å². The zero-order chi connectivity index (χ0) is 10.4. The van der Waals surface area contributed by atoms with Gasteiger partial charge in [0.15, 0.2) is 0 Å². The van der Waals surface area contributed by atoms with Crippen molar-refractivity contribution in [1.82, 2.24) is 0 Å². The number of carbonyl (C=O) groups excluding carboxylic acids is 1. The predicted molar refractivity (Wildman–Crippen MR) is 55.6 cm³/mol. The maximum absolute atomic E-state index is 12.7. The summed E-state index contributed by atoms with van der Waals surface area (Å²) in [5.74, 6) is -0.438. The van der Waals surface area contributed by atoms with Crippen molar-refractivity contribution >= 4 is 24.0 Å². The molecule has 0 aliphatic carbocycles. The second-order valence-corrected chi connectivity index (χ2v) is 2.96. The molecule has 0 atom stereocenters. The van der Waals surface area contributed by atoms with Gasteiger partial charge in [0.1, 0.15) is 12.1 Å². The Bertz CT molecular complexity index is 383. The van der Waals surface area contributed by atoms with E-state index in [1.54, 1.807) is 24.3 Å². The number of halogens is 2. The molecule has 0 radical (unpaired) electrons. The summed E-state index contributed by atoms with van der Waals surface area (Å²) in [7, 11) is 0. The monoisotopic (exact) mass is 210 g/mol. The van der Waals surface area contributed by atoms with E-state index in [1.165, 1.54) is 18.2 Å². The molecule has 0 heterocycles. The van der Waals surface area contributed by atoms with E-state index in [2.05, 4.69) is 0 Å². The SMILES string of the molecule is O=CC=CC=Cc1ccc(F)c(Cl)c1. The summed E-state index contributed by atoms with van der Waals surface area (Å²) in [6.45, 7) is 0. The average Bonchev–Trinajstić information content (AvgIpc) is 2.18. The molecule has 0 saturated carbocycles. The van der Waals surface area contributed by atoms with Gasteiger partial charge in [0.2, 0.25) is 0 Å². The summed E-state index contributed by atoms with van der Waals surface area (Å²) in [5, 5.41) is 0.0894. The van der Waals surface area contributed by atoms with E-state index in [9.17, 15) is 9.18 Å². The van der Waals surface area contributed by atoms with Crippen LogP contribution >= 0.6 is 11.6 Å². The standard InChI is InChI=1S/C11H8ClFO/c12-10-8-9(5-6-11(10)13)4-2-1-3-7-14/h1-8H. The van der Waals surface area contributed by atoms with Gasteiger partial charge in [-0.3, -0.25) is 4.79 Å². The quantitative estimate of drug-likeness (QED) is 0.425. The molecule has 0 aromatic heterocycles. The van der Waals surface area contributed by atoms with Crippen LogP contribution in [-0.4, -0.2) is 6.29 Å². The smallest absolute Gasteiger partial charge is 0.142 e. The van der Waals surface area contributed by atoms with Crippen LogP contribution in [0.2, 0.25) is 5.02 Å². The number of benzene rings is 1. The number of rotatable bonds is 3. The Kier molecular flexibility index (Phi) is 4.08. The van der Waals surface area contributed by atoms with E-state index in [1.807, 2.05) is 0 Å². The fraction of sp³-hybridized carbons (Fsp3) is 0.